The third kappa shape index (κ3) is 4.02. The van der Waals surface area contributed by atoms with E-state index >= 15 is 0 Å². The lowest BCUT2D eigenvalue weighted by Crippen LogP contribution is -2.29. The number of nitrogens with one attached hydrogen (secondary N) is 1. The first-order chi connectivity index (χ1) is 12.0. The number of rotatable bonds is 6. The molecule has 4 nitrogen and oxygen atoms in total. The van der Waals surface area contributed by atoms with Crippen molar-refractivity contribution >= 4 is 16.9 Å². The average Bonchev–Trinajstić information content (AvgIpc) is 3.00. The predicted molar refractivity (Wildman–Crippen MR) is 99.1 cm³/mol. The van der Waals surface area contributed by atoms with Gasteiger partial charge in [-0.3, -0.25) is 4.79 Å². The second-order valence-electron chi connectivity index (χ2n) is 6.33. The molecule has 0 saturated carbocycles. The molecule has 25 heavy (non-hydrogen) atoms. The smallest absolute Gasteiger partial charge is 0.224 e. The molecule has 0 bridgehead atoms. The van der Waals surface area contributed by atoms with Crippen LogP contribution in [-0.4, -0.2) is 19.1 Å². The van der Waals surface area contributed by atoms with Gasteiger partial charge < -0.3 is 14.5 Å². The first-order valence-electron chi connectivity index (χ1n) is 8.47. The number of furan rings is 1. The molecule has 3 rings (SSSR count). The Morgan fingerprint density at radius 2 is 1.84 bits per heavy atom. The molecule has 0 atom stereocenters. The zero-order valence-corrected chi connectivity index (χ0v) is 14.9. The quantitative estimate of drug-likeness (QED) is 0.689. The van der Waals surface area contributed by atoms with Crippen molar-refractivity contribution in [1.82, 2.24) is 5.32 Å². The van der Waals surface area contributed by atoms with Crippen LogP contribution in [0.2, 0.25) is 0 Å². The molecule has 0 aliphatic carbocycles. The molecule has 0 aliphatic rings. The van der Waals surface area contributed by atoms with Crippen molar-refractivity contribution in [2.45, 2.75) is 27.2 Å². The van der Waals surface area contributed by atoms with E-state index in [-0.39, 0.29) is 5.91 Å². The molecule has 0 fully saturated rings. The molecule has 0 aliphatic heterocycles. The van der Waals surface area contributed by atoms with Crippen LogP contribution in [0.4, 0.5) is 0 Å². The molecule has 1 heterocycles. The summed E-state index contributed by atoms with van der Waals surface area (Å²) >= 11 is 0. The van der Waals surface area contributed by atoms with Crippen LogP contribution < -0.4 is 10.1 Å². The number of amides is 1. The normalized spacial score (nSPS) is 10.8. The van der Waals surface area contributed by atoms with E-state index in [1.807, 2.05) is 44.2 Å². The highest BCUT2D eigenvalue weighted by Gasteiger charge is 2.12. The van der Waals surface area contributed by atoms with Crippen molar-refractivity contribution in [2.24, 2.45) is 0 Å². The summed E-state index contributed by atoms with van der Waals surface area (Å²) < 4.78 is 11.3. The third-order valence-electron chi connectivity index (χ3n) is 4.41. The largest absolute Gasteiger partial charge is 0.492 e. The summed E-state index contributed by atoms with van der Waals surface area (Å²) in [4.78, 5) is 12.2. The Labute approximate surface area is 147 Å². The van der Waals surface area contributed by atoms with E-state index < -0.39 is 0 Å². The van der Waals surface area contributed by atoms with Gasteiger partial charge in [0.1, 0.15) is 17.9 Å². The fourth-order valence-electron chi connectivity index (χ4n) is 2.75. The third-order valence-corrected chi connectivity index (χ3v) is 4.41. The maximum absolute atomic E-state index is 12.2. The van der Waals surface area contributed by atoms with Crippen LogP contribution in [0.25, 0.3) is 11.0 Å². The summed E-state index contributed by atoms with van der Waals surface area (Å²) in [6.07, 6.45) is 1.99. The lowest BCUT2D eigenvalue weighted by molar-refractivity contribution is -0.120. The Bertz CT molecular complexity index is 878. The van der Waals surface area contributed by atoms with Gasteiger partial charge in [0.05, 0.1) is 19.2 Å². The average molecular weight is 337 g/mol. The molecule has 1 amide bonds. The number of hydrogen-bond donors (Lipinski definition) is 1. The van der Waals surface area contributed by atoms with E-state index in [4.69, 9.17) is 9.15 Å². The summed E-state index contributed by atoms with van der Waals surface area (Å²) in [5.74, 6) is 0.778. The van der Waals surface area contributed by atoms with Gasteiger partial charge in [0.25, 0.3) is 0 Å². The molecule has 0 radical (unpaired) electrons. The molecule has 0 spiro atoms. The van der Waals surface area contributed by atoms with Gasteiger partial charge in [-0.05, 0) is 44.0 Å². The number of benzene rings is 2. The first kappa shape index (κ1) is 17.1. The van der Waals surface area contributed by atoms with Crippen molar-refractivity contribution in [3.8, 4) is 5.75 Å². The Morgan fingerprint density at radius 3 is 2.60 bits per heavy atom. The fraction of sp³-hybridized carbons (Fsp3) is 0.286. The maximum Gasteiger partial charge on any atom is 0.224 e. The topological polar surface area (TPSA) is 51.5 Å². The number of carbonyl (C=O) groups excluding carboxylic acids is 1. The van der Waals surface area contributed by atoms with Crippen LogP contribution in [0.3, 0.4) is 0 Å². The molecule has 2 aromatic carbocycles. The molecule has 130 valence electrons. The Kier molecular flexibility index (Phi) is 5.08. The van der Waals surface area contributed by atoms with Gasteiger partial charge in [-0.2, -0.15) is 0 Å². The van der Waals surface area contributed by atoms with Crippen LogP contribution in [0.5, 0.6) is 5.75 Å². The van der Waals surface area contributed by atoms with Gasteiger partial charge in [0.2, 0.25) is 5.91 Å². The highest BCUT2D eigenvalue weighted by atomic mass is 16.5. The van der Waals surface area contributed by atoms with Gasteiger partial charge in [-0.15, -0.1) is 0 Å². The number of ether oxygens (including phenoxy) is 1. The highest BCUT2D eigenvalue weighted by molar-refractivity contribution is 5.89. The second kappa shape index (κ2) is 7.43. The zero-order valence-electron chi connectivity index (χ0n) is 14.9. The molecular formula is C21H23NO3. The lowest BCUT2D eigenvalue weighted by Gasteiger charge is -2.08. The number of carbonyl (C=O) groups is 1. The van der Waals surface area contributed by atoms with Gasteiger partial charge in [0, 0.05) is 10.9 Å². The first-order valence-corrected chi connectivity index (χ1v) is 8.47. The second-order valence-corrected chi connectivity index (χ2v) is 6.33. The SMILES string of the molecule is Cc1ccc(OCCNC(=O)Cc2coc3c(C)c(C)ccc23)cc1. The van der Waals surface area contributed by atoms with Gasteiger partial charge in [-0.25, -0.2) is 0 Å². The van der Waals surface area contributed by atoms with Gasteiger partial charge in [0.15, 0.2) is 0 Å². The number of fused-ring (bicyclic) bond motifs is 1. The molecule has 1 N–H and O–H groups in total. The van der Waals surface area contributed by atoms with E-state index in [0.29, 0.717) is 19.6 Å². The molecule has 4 heteroatoms. The summed E-state index contributed by atoms with van der Waals surface area (Å²) in [6.45, 7) is 7.04. The predicted octanol–water partition coefficient (Wildman–Crippen LogP) is 4.10. The van der Waals surface area contributed by atoms with Crippen molar-refractivity contribution in [3.63, 3.8) is 0 Å². The minimum atomic E-state index is -0.0339. The van der Waals surface area contributed by atoms with Crippen LogP contribution in [-0.2, 0) is 11.2 Å². The van der Waals surface area contributed by atoms with Crippen molar-refractivity contribution < 1.29 is 13.9 Å². The monoisotopic (exact) mass is 337 g/mol. The Morgan fingerprint density at radius 1 is 1.08 bits per heavy atom. The molecule has 0 unspecified atom stereocenters. The lowest BCUT2D eigenvalue weighted by atomic mass is 10.0. The minimum Gasteiger partial charge on any atom is -0.492 e. The van der Waals surface area contributed by atoms with Crippen LogP contribution >= 0.6 is 0 Å². The van der Waals surface area contributed by atoms with E-state index in [2.05, 4.69) is 18.3 Å². The van der Waals surface area contributed by atoms with Crippen LogP contribution in [0, 0.1) is 20.8 Å². The Balaban J connectivity index is 1.51. The Hall–Kier alpha value is -2.75. The van der Waals surface area contributed by atoms with Crippen molar-refractivity contribution in [1.29, 1.82) is 0 Å². The van der Waals surface area contributed by atoms with Gasteiger partial charge in [-0.1, -0.05) is 29.8 Å². The summed E-state index contributed by atoms with van der Waals surface area (Å²) in [6, 6.07) is 11.9. The van der Waals surface area contributed by atoms with E-state index in [9.17, 15) is 4.79 Å². The summed E-state index contributed by atoms with van der Waals surface area (Å²) in [5, 5.41) is 3.90. The van der Waals surface area contributed by atoms with Gasteiger partial charge >= 0.3 is 0 Å². The van der Waals surface area contributed by atoms with Crippen LogP contribution in [0.1, 0.15) is 22.3 Å². The standard InChI is InChI=1S/C21H23NO3/c1-14-4-7-18(8-5-14)24-11-10-22-20(23)12-17-13-25-21-16(3)15(2)6-9-19(17)21/h4-9,13H,10-12H2,1-3H3,(H,22,23). The molecule has 0 saturated heterocycles. The van der Waals surface area contributed by atoms with Crippen molar-refractivity contribution in [3.05, 3.63) is 64.9 Å². The van der Waals surface area contributed by atoms with Crippen molar-refractivity contribution in [2.75, 3.05) is 13.2 Å². The summed E-state index contributed by atoms with van der Waals surface area (Å²) in [5.41, 5.74) is 5.28. The maximum atomic E-state index is 12.2. The number of aryl methyl sites for hydroxylation is 3. The molecule has 1 aromatic heterocycles. The van der Waals surface area contributed by atoms with Crippen LogP contribution in [0.15, 0.2) is 47.1 Å². The fourth-order valence-corrected chi connectivity index (χ4v) is 2.75. The van der Waals surface area contributed by atoms with E-state index in [1.165, 1.54) is 11.1 Å². The minimum absolute atomic E-state index is 0.0339. The van der Waals surface area contributed by atoms with E-state index in [1.54, 1.807) is 6.26 Å². The summed E-state index contributed by atoms with van der Waals surface area (Å²) in [7, 11) is 0. The molecular weight excluding hydrogens is 314 g/mol. The highest BCUT2D eigenvalue weighted by Crippen LogP contribution is 2.26. The zero-order chi connectivity index (χ0) is 17.8. The molecule has 3 aromatic rings. The number of hydrogen-bond acceptors (Lipinski definition) is 3. The van der Waals surface area contributed by atoms with E-state index in [0.717, 1.165) is 27.8 Å².